The van der Waals surface area contributed by atoms with Gasteiger partial charge < -0.3 is 4.74 Å². The monoisotopic (exact) mass is 317 g/mol. The van der Waals surface area contributed by atoms with Crippen molar-refractivity contribution >= 4 is 38.9 Å². The molecular weight excluding hydrogens is 302 g/mol. The Morgan fingerprint density at radius 1 is 1.29 bits per heavy atom. The molecule has 0 radical (unpaired) electrons. The molecule has 0 amide bonds. The van der Waals surface area contributed by atoms with Crippen LogP contribution in [0.15, 0.2) is 30.3 Å². The van der Waals surface area contributed by atoms with Gasteiger partial charge >= 0.3 is 5.97 Å². The van der Waals surface area contributed by atoms with Crippen LogP contribution in [0.4, 0.5) is 0 Å². The van der Waals surface area contributed by atoms with Gasteiger partial charge in [0.15, 0.2) is 0 Å². The van der Waals surface area contributed by atoms with E-state index in [9.17, 15) is 4.79 Å². The van der Waals surface area contributed by atoms with E-state index >= 15 is 0 Å². The van der Waals surface area contributed by atoms with E-state index in [0.717, 1.165) is 27.2 Å². The third-order valence-corrected chi connectivity index (χ3v) is 5.58. The molecule has 0 bridgehead atoms. The number of hydrogen-bond acceptors (Lipinski definition) is 5. The lowest BCUT2D eigenvalue weighted by Crippen LogP contribution is -2.02. The molecule has 21 heavy (non-hydrogen) atoms. The number of fused-ring (bicyclic) bond motifs is 1. The first-order valence-corrected chi connectivity index (χ1v) is 8.41. The molecule has 0 fully saturated rings. The fraction of sp³-hybridized carbons (Fsp3) is 0.250. The van der Waals surface area contributed by atoms with Gasteiger partial charge in [0, 0.05) is 4.88 Å². The second kappa shape index (κ2) is 5.95. The van der Waals surface area contributed by atoms with Crippen molar-refractivity contribution < 1.29 is 9.53 Å². The van der Waals surface area contributed by atoms with Crippen LogP contribution in [-0.2, 0) is 17.8 Å². The van der Waals surface area contributed by atoms with Crippen molar-refractivity contribution in [1.82, 2.24) is 4.98 Å². The first-order valence-electron chi connectivity index (χ1n) is 6.78. The predicted octanol–water partition coefficient (Wildman–Crippen LogP) is 4.59. The lowest BCUT2D eigenvalue weighted by molar-refractivity contribution is 0.0478. The highest BCUT2D eigenvalue weighted by atomic mass is 32.1. The summed E-state index contributed by atoms with van der Waals surface area (Å²) in [5.74, 6) is -0.262. The maximum Gasteiger partial charge on any atom is 0.348 e. The quantitative estimate of drug-likeness (QED) is 0.661. The SMILES string of the molecule is CCc1sc(C(=O)OCc2nc3ccccc3s2)cc1C. The van der Waals surface area contributed by atoms with E-state index in [0.29, 0.717) is 4.88 Å². The van der Waals surface area contributed by atoms with Gasteiger partial charge in [-0.25, -0.2) is 9.78 Å². The Morgan fingerprint density at radius 2 is 2.10 bits per heavy atom. The van der Waals surface area contributed by atoms with E-state index in [4.69, 9.17) is 4.74 Å². The highest BCUT2D eigenvalue weighted by Crippen LogP contribution is 2.25. The summed E-state index contributed by atoms with van der Waals surface area (Å²) in [6.45, 7) is 4.35. The number of rotatable bonds is 4. The molecule has 2 heterocycles. The maximum atomic E-state index is 12.1. The molecule has 0 aliphatic rings. The summed E-state index contributed by atoms with van der Waals surface area (Å²) in [6, 6.07) is 9.83. The summed E-state index contributed by atoms with van der Waals surface area (Å²) in [5.41, 5.74) is 2.11. The number of aryl methyl sites for hydroxylation is 2. The van der Waals surface area contributed by atoms with E-state index in [1.54, 1.807) is 11.3 Å². The van der Waals surface area contributed by atoms with Crippen molar-refractivity contribution in [2.45, 2.75) is 26.9 Å². The lowest BCUT2D eigenvalue weighted by Gasteiger charge is -1.99. The maximum absolute atomic E-state index is 12.1. The number of benzene rings is 1. The Kier molecular flexibility index (Phi) is 4.03. The number of ether oxygens (including phenoxy) is 1. The zero-order chi connectivity index (χ0) is 14.8. The van der Waals surface area contributed by atoms with Crippen LogP contribution in [0.1, 0.15) is 32.0 Å². The largest absolute Gasteiger partial charge is 0.454 e. The predicted molar refractivity (Wildman–Crippen MR) is 87.2 cm³/mol. The van der Waals surface area contributed by atoms with Gasteiger partial charge in [0.1, 0.15) is 16.5 Å². The van der Waals surface area contributed by atoms with Crippen LogP contribution in [0.2, 0.25) is 0 Å². The molecule has 2 aromatic heterocycles. The summed E-state index contributed by atoms with van der Waals surface area (Å²) in [6.07, 6.45) is 0.946. The number of hydrogen-bond donors (Lipinski definition) is 0. The van der Waals surface area contributed by atoms with Crippen molar-refractivity contribution in [3.63, 3.8) is 0 Å². The number of thiophene rings is 1. The van der Waals surface area contributed by atoms with E-state index in [1.807, 2.05) is 37.3 Å². The molecule has 0 aliphatic carbocycles. The summed E-state index contributed by atoms with van der Waals surface area (Å²) in [5, 5.41) is 0.827. The molecule has 0 unspecified atom stereocenters. The number of aromatic nitrogens is 1. The number of carbonyl (C=O) groups excluding carboxylic acids is 1. The topological polar surface area (TPSA) is 39.2 Å². The van der Waals surface area contributed by atoms with Crippen LogP contribution in [0.5, 0.6) is 0 Å². The van der Waals surface area contributed by atoms with Gasteiger partial charge in [0.2, 0.25) is 0 Å². The molecule has 0 saturated heterocycles. The molecule has 3 nitrogen and oxygen atoms in total. The Morgan fingerprint density at radius 3 is 2.81 bits per heavy atom. The Balaban J connectivity index is 1.70. The van der Waals surface area contributed by atoms with Crippen molar-refractivity contribution in [2.75, 3.05) is 0 Å². The lowest BCUT2D eigenvalue weighted by atomic mass is 10.2. The molecular formula is C16H15NO2S2. The second-order valence-electron chi connectivity index (χ2n) is 4.72. The summed E-state index contributed by atoms with van der Waals surface area (Å²) in [7, 11) is 0. The summed E-state index contributed by atoms with van der Waals surface area (Å²) >= 11 is 3.08. The van der Waals surface area contributed by atoms with Crippen LogP contribution in [0.25, 0.3) is 10.2 Å². The third kappa shape index (κ3) is 2.99. The first kappa shape index (κ1) is 14.2. The number of esters is 1. The minimum absolute atomic E-state index is 0.233. The van der Waals surface area contributed by atoms with Crippen molar-refractivity contribution in [3.05, 3.63) is 50.7 Å². The molecule has 0 spiro atoms. The summed E-state index contributed by atoms with van der Waals surface area (Å²) < 4.78 is 6.49. The van der Waals surface area contributed by atoms with E-state index in [-0.39, 0.29) is 12.6 Å². The van der Waals surface area contributed by atoms with Crippen LogP contribution in [0.3, 0.4) is 0 Å². The van der Waals surface area contributed by atoms with Crippen LogP contribution < -0.4 is 0 Å². The molecule has 0 saturated carbocycles. The molecule has 3 rings (SSSR count). The van der Waals surface area contributed by atoms with Gasteiger partial charge in [-0.05, 0) is 37.1 Å². The van der Waals surface area contributed by atoms with Crippen LogP contribution >= 0.6 is 22.7 Å². The minimum Gasteiger partial charge on any atom is -0.454 e. The Bertz CT molecular complexity index is 756. The van der Waals surface area contributed by atoms with E-state index in [1.165, 1.54) is 16.2 Å². The van der Waals surface area contributed by atoms with Gasteiger partial charge in [0.25, 0.3) is 0 Å². The average Bonchev–Trinajstić information content (AvgIpc) is 3.07. The first-order chi connectivity index (χ1) is 10.2. The second-order valence-corrected chi connectivity index (χ2v) is 6.97. The molecule has 0 atom stereocenters. The highest BCUT2D eigenvalue weighted by molar-refractivity contribution is 7.18. The smallest absolute Gasteiger partial charge is 0.348 e. The van der Waals surface area contributed by atoms with Gasteiger partial charge in [-0.2, -0.15) is 0 Å². The standard InChI is InChI=1S/C16H15NO2S2/c1-3-12-10(2)8-14(20-12)16(18)19-9-15-17-11-6-4-5-7-13(11)21-15/h4-8H,3,9H2,1-2H3. The minimum atomic E-state index is -0.262. The zero-order valence-corrected chi connectivity index (χ0v) is 13.5. The molecule has 108 valence electrons. The van der Waals surface area contributed by atoms with E-state index < -0.39 is 0 Å². The number of nitrogens with zero attached hydrogens (tertiary/aromatic N) is 1. The van der Waals surface area contributed by atoms with Gasteiger partial charge in [-0.3, -0.25) is 0 Å². The highest BCUT2D eigenvalue weighted by Gasteiger charge is 2.14. The van der Waals surface area contributed by atoms with Gasteiger partial charge in [0.05, 0.1) is 10.2 Å². The molecule has 1 aromatic carbocycles. The molecule has 5 heteroatoms. The fourth-order valence-electron chi connectivity index (χ4n) is 2.15. The van der Waals surface area contributed by atoms with Crippen LogP contribution in [-0.4, -0.2) is 11.0 Å². The number of thiazole rings is 1. The normalized spacial score (nSPS) is 11.0. The van der Waals surface area contributed by atoms with Gasteiger partial charge in [-0.1, -0.05) is 19.1 Å². The number of para-hydroxylation sites is 1. The van der Waals surface area contributed by atoms with Crippen molar-refractivity contribution in [1.29, 1.82) is 0 Å². The average molecular weight is 317 g/mol. The molecule has 3 aromatic rings. The van der Waals surface area contributed by atoms with Crippen molar-refractivity contribution in [3.8, 4) is 0 Å². The van der Waals surface area contributed by atoms with E-state index in [2.05, 4.69) is 11.9 Å². The Hall–Kier alpha value is -1.72. The molecule has 0 N–H and O–H groups in total. The third-order valence-electron chi connectivity index (χ3n) is 3.21. The van der Waals surface area contributed by atoms with Gasteiger partial charge in [-0.15, -0.1) is 22.7 Å². The Labute approximate surface area is 131 Å². The zero-order valence-electron chi connectivity index (χ0n) is 11.9. The number of carbonyl (C=O) groups is 1. The van der Waals surface area contributed by atoms with Crippen molar-refractivity contribution in [2.24, 2.45) is 0 Å². The fourth-order valence-corrected chi connectivity index (χ4v) is 4.04. The molecule has 0 aliphatic heterocycles. The van der Waals surface area contributed by atoms with Crippen LogP contribution in [0, 0.1) is 6.92 Å². The summed E-state index contributed by atoms with van der Waals surface area (Å²) in [4.78, 5) is 18.5.